The van der Waals surface area contributed by atoms with E-state index in [-0.39, 0.29) is 17.0 Å². The lowest BCUT2D eigenvalue weighted by atomic mass is 9.76. The highest BCUT2D eigenvalue weighted by molar-refractivity contribution is 7.12. The summed E-state index contributed by atoms with van der Waals surface area (Å²) in [6.45, 7) is 6.20. The summed E-state index contributed by atoms with van der Waals surface area (Å²) in [5.74, 6) is 0.229. The van der Waals surface area contributed by atoms with E-state index in [0.717, 1.165) is 12.0 Å². The van der Waals surface area contributed by atoms with Crippen LogP contribution in [0.3, 0.4) is 0 Å². The molecule has 1 aliphatic rings. The molecule has 21 heavy (non-hydrogen) atoms. The molecule has 0 bridgehead atoms. The highest BCUT2D eigenvalue weighted by Gasteiger charge is 2.49. The van der Waals surface area contributed by atoms with Crippen molar-refractivity contribution < 1.29 is 9.59 Å². The van der Waals surface area contributed by atoms with Gasteiger partial charge in [0, 0.05) is 24.4 Å². The van der Waals surface area contributed by atoms with Crippen LogP contribution in [0.1, 0.15) is 54.4 Å². The number of ketones is 2. The van der Waals surface area contributed by atoms with Crippen LogP contribution >= 0.6 is 11.3 Å². The molecule has 2 aromatic heterocycles. The van der Waals surface area contributed by atoms with Gasteiger partial charge in [0.25, 0.3) is 0 Å². The number of aromatic nitrogens is 1. The van der Waals surface area contributed by atoms with Crippen LogP contribution in [0.15, 0.2) is 29.9 Å². The van der Waals surface area contributed by atoms with Crippen LogP contribution in [0.2, 0.25) is 0 Å². The fourth-order valence-electron chi connectivity index (χ4n) is 3.54. The second-order valence-electron chi connectivity index (χ2n) is 6.86. The summed E-state index contributed by atoms with van der Waals surface area (Å²) in [7, 11) is 0. The van der Waals surface area contributed by atoms with Crippen LogP contribution in [-0.4, -0.2) is 16.6 Å². The predicted molar refractivity (Wildman–Crippen MR) is 83.9 cm³/mol. The summed E-state index contributed by atoms with van der Waals surface area (Å²) < 4.78 is 0. The van der Waals surface area contributed by atoms with Crippen LogP contribution < -0.4 is 0 Å². The molecule has 0 amide bonds. The van der Waals surface area contributed by atoms with Gasteiger partial charge in [-0.3, -0.25) is 9.59 Å². The topological polar surface area (TPSA) is 49.9 Å². The number of rotatable bonds is 3. The summed E-state index contributed by atoms with van der Waals surface area (Å²) in [4.78, 5) is 28.9. The third-order valence-electron chi connectivity index (χ3n) is 4.42. The predicted octanol–water partition coefficient (Wildman–Crippen LogP) is 3.95. The highest BCUT2D eigenvalue weighted by atomic mass is 32.1. The molecule has 3 nitrogen and oxygen atoms in total. The zero-order chi connectivity index (χ0) is 15.3. The average Bonchev–Trinajstić information content (AvgIpc) is 3.10. The fraction of sp³-hybridized carbons (Fsp3) is 0.412. The second-order valence-corrected chi connectivity index (χ2v) is 7.81. The van der Waals surface area contributed by atoms with Gasteiger partial charge in [0.15, 0.2) is 0 Å². The van der Waals surface area contributed by atoms with Crippen molar-refractivity contribution in [2.45, 2.75) is 39.0 Å². The first kappa shape index (κ1) is 14.3. The van der Waals surface area contributed by atoms with E-state index >= 15 is 0 Å². The molecule has 110 valence electrons. The first-order valence-electron chi connectivity index (χ1n) is 7.12. The largest absolute Gasteiger partial charge is 0.367 e. The quantitative estimate of drug-likeness (QED) is 0.873. The molecule has 1 fully saturated rings. The normalized spacial score (nSPS) is 24.4. The molecule has 1 atom stereocenters. The smallest absolute Gasteiger partial charge is 0.204 e. The first-order chi connectivity index (χ1) is 9.83. The maximum atomic E-state index is 12.6. The van der Waals surface area contributed by atoms with Crippen LogP contribution in [0.5, 0.6) is 0 Å². The van der Waals surface area contributed by atoms with Crippen molar-refractivity contribution in [1.82, 2.24) is 4.98 Å². The number of thiophene rings is 1. The van der Waals surface area contributed by atoms with E-state index in [0.29, 0.717) is 16.9 Å². The molecule has 0 unspecified atom stereocenters. The summed E-state index contributed by atoms with van der Waals surface area (Å²) in [5, 5.41) is 1.89. The Hall–Kier alpha value is -1.68. The maximum Gasteiger partial charge on any atom is 0.204 e. The van der Waals surface area contributed by atoms with Gasteiger partial charge >= 0.3 is 0 Å². The summed E-state index contributed by atoms with van der Waals surface area (Å²) in [5.41, 5.74) is 0.903. The van der Waals surface area contributed by atoms with E-state index < -0.39 is 5.41 Å². The van der Waals surface area contributed by atoms with E-state index in [9.17, 15) is 9.59 Å². The minimum Gasteiger partial charge on any atom is -0.367 e. The van der Waals surface area contributed by atoms with Crippen LogP contribution in [-0.2, 0) is 10.2 Å². The van der Waals surface area contributed by atoms with Gasteiger partial charge in [0.1, 0.15) is 5.78 Å². The van der Waals surface area contributed by atoms with E-state index in [1.807, 2.05) is 30.6 Å². The van der Waals surface area contributed by atoms with Crippen LogP contribution in [0.25, 0.3) is 0 Å². The Kier molecular flexibility index (Phi) is 3.17. The molecule has 2 heterocycles. The minimum absolute atomic E-state index is 0.0000175. The fourth-order valence-corrected chi connectivity index (χ4v) is 4.22. The molecule has 0 aromatic carbocycles. The highest BCUT2D eigenvalue weighted by Crippen LogP contribution is 2.48. The second kappa shape index (κ2) is 4.67. The molecule has 0 radical (unpaired) electrons. The van der Waals surface area contributed by atoms with Crippen molar-refractivity contribution in [2.75, 3.05) is 0 Å². The Morgan fingerprint density at radius 2 is 2.05 bits per heavy atom. The Morgan fingerprint density at radius 3 is 2.62 bits per heavy atom. The number of hydrogen-bond acceptors (Lipinski definition) is 3. The van der Waals surface area contributed by atoms with E-state index in [1.54, 1.807) is 6.20 Å². The molecule has 4 heteroatoms. The first-order valence-corrected chi connectivity index (χ1v) is 8.00. The number of carbonyl (C=O) groups excluding carboxylic acids is 2. The van der Waals surface area contributed by atoms with Crippen molar-refractivity contribution in [3.63, 3.8) is 0 Å². The standard InChI is InChI=1S/C17H19NO2S/c1-16(2)7-14(19)17(3,10-16)12-9-18-8-11(12)15(20)13-5-4-6-21-13/h4-6,8-9,18H,7,10H2,1-3H3/t17-/m0/s1. The number of nitrogens with one attached hydrogen (secondary N) is 1. The van der Waals surface area contributed by atoms with Crippen LogP contribution in [0.4, 0.5) is 0 Å². The molecule has 3 rings (SSSR count). The third-order valence-corrected chi connectivity index (χ3v) is 5.28. The molecule has 2 aromatic rings. The van der Waals surface area contributed by atoms with Gasteiger partial charge in [-0.15, -0.1) is 11.3 Å². The molecule has 1 N–H and O–H groups in total. The molecule has 1 aliphatic carbocycles. The lowest BCUT2D eigenvalue weighted by molar-refractivity contribution is -0.121. The van der Waals surface area contributed by atoms with Gasteiger partial charge in [-0.25, -0.2) is 0 Å². The summed E-state index contributed by atoms with van der Waals surface area (Å²) in [6, 6.07) is 3.70. The Balaban J connectivity index is 2.04. The van der Waals surface area contributed by atoms with Gasteiger partial charge in [0.05, 0.1) is 10.3 Å². The molecule has 0 saturated heterocycles. The lowest BCUT2D eigenvalue weighted by Crippen LogP contribution is -2.28. The zero-order valence-electron chi connectivity index (χ0n) is 12.5. The maximum absolute atomic E-state index is 12.6. The van der Waals surface area contributed by atoms with E-state index in [4.69, 9.17) is 0 Å². The van der Waals surface area contributed by atoms with Crippen molar-refractivity contribution >= 4 is 22.9 Å². The molecule has 1 saturated carbocycles. The Bertz CT molecular complexity index is 696. The van der Waals surface area contributed by atoms with Gasteiger partial charge < -0.3 is 4.98 Å². The number of aromatic amines is 1. The monoisotopic (exact) mass is 301 g/mol. The van der Waals surface area contributed by atoms with Crippen molar-refractivity contribution in [1.29, 1.82) is 0 Å². The van der Waals surface area contributed by atoms with Gasteiger partial charge in [-0.2, -0.15) is 0 Å². The van der Waals surface area contributed by atoms with Gasteiger partial charge in [-0.05, 0) is 35.8 Å². The SMILES string of the molecule is CC1(C)CC(=O)[C@](C)(c2c[nH]cc2C(=O)c2cccs2)C1. The number of carbonyl (C=O) groups is 2. The zero-order valence-corrected chi connectivity index (χ0v) is 13.3. The lowest BCUT2D eigenvalue weighted by Gasteiger charge is -2.25. The van der Waals surface area contributed by atoms with Gasteiger partial charge in [0.2, 0.25) is 5.78 Å². The molecule has 0 aliphatic heterocycles. The van der Waals surface area contributed by atoms with Crippen LogP contribution in [0, 0.1) is 5.41 Å². The number of H-pyrrole nitrogens is 1. The molecule has 0 spiro atoms. The van der Waals surface area contributed by atoms with E-state index in [1.165, 1.54) is 11.3 Å². The minimum atomic E-state index is -0.564. The molecular formula is C17H19NO2S. The van der Waals surface area contributed by atoms with Crippen molar-refractivity contribution in [3.8, 4) is 0 Å². The molecular weight excluding hydrogens is 282 g/mol. The third kappa shape index (κ3) is 2.27. The van der Waals surface area contributed by atoms with Gasteiger partial charge in [-0.1, -0.05) is 19.9 Å². The van der Waals surface area contributed by atoms with E-state index in [2.05, 4.69) is 18.8 Å². The Labute approximate surface area is 128 Å². The Morgan fingerprint density at radius 1 is 1.29 bits per heavy atom. The van der Waals surface area contributed by atoms with Crippen molar-refractivity contribution in [3.05, 3.63) is 45.9 Å². The average molecular weight is 301 g/mol. The summed E-state index contributed by atoms with van der Waals surface area (Å²) >= 11 is 1.43. The van der Waals surface area contributed by atoms with Crippen molar-refractivity contribution in [2.24, 2.45) is 5.41 Å². The number of Topliss-reactive ketones (excluding diaryl/α,β-unsaturated/α-hetero) is 1. The number of hydrogen-bond donors (Lipinski definition) is 1. The summed E-state index contributed by atoms with van der Waals surface area (Å²) in [6.07, 6.45) is 4.89.